The van der Waals surface area contributed by atoms with Gasteiger partial charge in [0.15, 0.2) is 0 Å². The summed E-state index contributed by atoms with van der Waals surface area (Å²) in [6, 6.07) is 0. The summed E-state index contributed by atoms with van der Waals surface area (Å²) in [4.78, 5) is 0. The van der Waals surface area contributed by atoms with Gasteiger partial charge in [-0.1, -0.05) is 0 Å². The first-order valence-electron chi connectivity index (χ1n) is 2.00. The zero-order valence-corrected chi connectivity index (χ0v) is 6.90. The molecule has 0 aromatic carbocycles. The minimum atomic E-state index is 0. The topological polar surface area (TPSA) is 0 Å². The Morgan fingerprint density at radius 2 is 0.333 bits per heavy atom. The van der Waals surface area contributed by atoms with Crippen molar-refractivity contribution in [1.82, 2.24) is 0 Å². The minimum absolute atomic E-state index is 0. The van der Waals surface area contributed by atoms with Crippen molar-refractivity contribution in [3.05, 3.63) is 52.6 Å². The van der Waals surface area contributed by atoms with Gasteiger partial charge in [0.2, 0.25) is 0 Å². The molecule has 0 nitrogen and oxygen atoms in total. The van der Waals surface area contributed by atoms with E-state index < -0.39 is 0 Å². The van der Waals surface area contributed by atoms with Gasteiger partial charge in [-0.05, 0) is 0 Å². The molecule has 0 aliphatic heterocycles. The van der Waals surface area contributed by atoms with Gasteiger partial charge in [0, 0.05) is 17.1 Å². The van der Waals surface area contributed by atoms with E-state index in [2.05, 4.69) is 52.6 Å². The monoisotopic (exact) mass is 175 g/mol. The van der Waals surface area contributed by atoms with Crippen molar-refractivity contribution < 1.29 is 17.1 Å². The molecule has 0 heterocycles. The fraction of sp³-hybridized carbons (Fsp3) is 0. The average molecular weight is 176 g/mol. The molecule has 59 valence electrons. The van der Waals surface area contributed by atoms with Gasteiger partial charge in [0.1, 0.15) is 0 Å². The normalized spacial score (nSPS) is 1.78. The Morgan fingerprint density at radius 1 is 0.333 bits per heavy atom. The summed E-state index contributed by atoms with van der Waals surface area (Å²) in [5.74, 6) is 0. The summed E-state index contributed by atoms with van der Waals surface area (Å²) >= 11 is 0. The second kappa shape index (κ2) is 1160. The van der Waals surface area contributed by atoms with Crippen LogP contribution in [-0.2, 0) is 17.1 Å². The molecule has 0 unspecified atom stereocenters. The Hall–Kier alpha value is -0.521. The molecular formula is C8H16Cu. The summed E-state index contributed by atoms with van der Waals surface area (Å²) in [6.07, 6.45) is 0. The predicted molar refractivity (Wildman–Crippen MR) is 45.0 cm³/mol. The SMILES string of the molecule is C=C.C=C.C=C.C=C.[Cu]. The molecule has 0 aromatic rings. The molecular weight excluding hydrogens is 160 g/mol. The van der Waals surface area contributed by atoms with Gasteiger partial charge in [-0.3, -0.25) is 0 Å². The Bertz CT molecular complexity index is 12.5. The Morgan fingerprint density at radius 3 is 0.333 bits per heavy atom. The maximum Gasteiger partial charge on any atom is 0 e. The van der Waals surface area contributed by atoms with Crippen LogP contribution in [0.5, 0.6) is 0 Å². The fourth-order valence-corrected chi connectivity index (χ4v) is 0. The Labute approximate surface area is 70.1 Å². The van der Waals surface area contributed by atoms with Crippen LogP contribution in [0.15, 0.2) is 52.6 Å². The van der Waals surface area contributed by atoms with Crippen LogP contribution in [0.1, 0.15) is 0 Å². The van der Waals surface area contributed by atoms with Crippen molar-refractivity contribution in [2.75, 3.05) is 0 Å². The van der Waals surface area contributed by atoms with E-state index in [1.54, 1.807) is 0 Å². The Balaban J connectivity index is -0.00000000762. The van der Waals surface area contributed by atoms with Gasteiger partial charge in [-0.2, -0.15) is 0 Å². The molecule has 0 aromatic heterocycles. The van der Waals surface area contributed by atoms with E-state index in [-0.39, 0.29) is 17.1 Å². The van der Waals surface area contributed by atoms with Gasteiger partial charge < -0.3 is 0 Å². The molecule has 0 bridgehead atoms. The van der Waals surface area contributed by atoms with Gasteiger partial charge in [0.05, 0.1) is 0 Å². The number of hydrogen-bond acceptors (Lipinski definition) is 0. The average Bonchev–Trinajstić information content (AvgIpc) is 2.03. The molecule has 1 heteroatoms. The zero-order valence-electron chi connectivity index (χ0n) is 5.96. The maximum absolute atomic E-state index is 3.00. The van der Waals surface area contributed by atoms with Crippen molar-refractivity contribution in [2.24, 2.45) is 0 Å². The van der Waals surface area contributed by atoms with Gasteiger partial charge in [-0.25, -0.2) is 0 Å². The molecule has 0 fully saturated rings. The molecule has 0 aliphatic rings. The first-order valence-corrected chi connectivity index (χ1v) is 2.00. The standard InChI is InChI=1S/4C2H4.Cu/c4*1-2;/h4*1-2H2;. The molecule has 1 radical (unpaired) electrons. The third kappa shape index (κ3) is 829. The summed E-state index contributed by atoms with van der Waals surface area (Å²) in [5, 5.41) is 0. The van der Waals surface area contributed by atoms with Crippen LogP contribution < -0.4 is 0 Å². The minimum Gasteiger partial charge on any atom is -0.106 e. The van der Waals surface area contributed by atoms with Crippen LogP contribution in [0.2, 0.25) is 0 Å². The quantitative estimate of drug-likeness (QED) is 0.392. The van der Waals surface area contributed by atoms with Crippen LogP contribution >= 0.6 is 0 Å². The first-order chi connectivity index (χ1) is 4.00. The van der Waals surface area contributed by atoms with Gasteiger partial charge >= 0.3 is 0 Å². The van der Waals surface area contributed by atoms with Gasteiger partial charge in [0.25, 0.3) is 0 Å². The second-order valence-electron chi connectivity index (χ2n) is 0. The van der Waals surface area contributed by atoms with E-state index in [0.717, 1.165) is 0 Å². The van der Waals surface area contributed by atoms with Crippen LogP contribution in [0, 0.1) is 0 Å². The van der Waals surface area contributed by atoms with Crippen LogP contribution in [0.3, 0.4) is 0 Å². The zero-order chi connectivity index (χ0) is 8.00. The molecule has 0 atom stereocenters. The molecule has 0 aliphatic carbocycles. The van der Waals surface area contributed by atoms with Crippen molar-refractivity contribution in [1.29, 1.82) is 0 Å². The molecule has 0 spiro atoms. The Kier molecular flexibility index (Phi) is 5050. The summed E-state index contributed by atoms with van der Waals surface area (Å²) in [7, 11) is 0. The van der Waals surface area contributed by atoms with Crippen LogP contribution in [0.4, 0.5) is 0 Å². The smallest absolute Gasteiger partial charge is 0 e. The molecule has 9 heavy (non-hydrogen) atoms. The number of rotatable bonds is 0. The second-order valence-corrected chi connectivity index (χ2v) is 0. The third-order valence-corrected chi connectivity index (χ3v) is 0. The third-order valence-electron chi connectivity index (χ3n) is 0. The summed E-state index contributed by atoms with van der Waals surface area (Å²) in [5.41, 5.74) is 0. The molecule has 0 saturated heterocycles. The predicted octanol–water partition coefficient (Wildman–Crippen LogP) is 3.21. The molecule has 0 saturated carbocycles. The largest absolute Gasteiger partial charge is 0.106 e. The fourth-order valence-electron chi connectivity index (χ4n) is 0. The molecule has 0 amide bonds. The van der Waals surface area contributed by atoms with Crippen LogP contribution in [0.25, 0.3) is 0 Å². The van der Waals surface area contributed by atoms with Crippen molar-refractivity contribution in [3.63, 3.8) is 0 Å². The van der Waals surface area contributed by atoms with E-state index >= 15 is 0 Å². The van der Waals surface area contributed by atoms with Crippen molar-refractivity contribution in [3.8, 4) is 0 Å². The molecule has 0 rings (SSSR count). The summed E-state index contributed by atoms with van der Waals surface area (Å²) in [6.45, 7) is 24.0. The van der Waals surface area contributed by atoms with E-state index in [1.165, 1.54) is 0 Å². The number of hydrogen-bond donors (Lipinski definition) is 0. The van der Waals surface area contributed by atoms with E-state index in [4.69, 9.17) is 0 Å². The van der Waals surface area contributed by atoms with E-state index in [0.29, 0.717) is 0 Å². The van der Waals surface area contributed by atoms with Crippen LogP contribution in [-0.4, -0.2) is 0 Å². The van der Waals surface area contributed by atoms with E-state index in [1.807, 2.05) is 0 Å². The van der Waals surface area contributed by atoms with Gasteiger partial charge in [-0.15, -0.1) is 52.6 Å². The van der Waals surface area contributed by atoms with Crippen molar-refractivity contribution >= 4 is 0 Å². The van der Waals surface area contributed by atoms with Crippen molar-refractivity contribution in [2.45, 2.75) is 0 Å². The maximum atomic E-state index is 3.00. The summed E-state index contributed by atoms with van der Waals surface area (Å²) < 4.78 is 0. The molecule has 0 N–H and O–H groups in total. The van der Waals surface area contributed by atoms with E-state index in [9.17, 15) is 0 Å². The first kappa shape index (κ1) is 39.2.